The summed E-state index contributed by atoms with van der Waals surface area (Å²) in [5.41, 5.74) is 2.58. The fraction of sp³-hybridized carbons (Fsp3) is 0.600. The number of amides is 1. The lowest BCUT2D eigenvalue weighted by Gasteiger charge is -2.36. The number of nitrogens with zero attached hydrogens (tertiary/aromatic N) is 2. The average molecular weight is 279 g/mol. The number of piperidine rings is 1. The summed E-state index contributed by atoms with van der Waals surface area (Å²) in [5, 5.41) is 0.230. The van der Waals surface area contributed by atoms with Gasteiger partial charge in [0.05, 0.1) is 0 Å². The molecule has 3 nitrogen and oxygen atoms in total. The van der Waals surface area contributed by atoms with Gasteiger partial charge in [-0.25, -0.2) is 4.98 Å². The summed E-state index contributed by atoms with van der Waals surface area (Å²) in [4.78, 5) is 19.1. The van der Waals surface area contributed by atoms with Gasteiger partial charge in [-0.1, -0.05) is 0 Å². The van der Waals surface area contributed by atoms with Gasteiger partial charge in [0.2, 0.25) is 0 Å². The van der Waals surface area contributed by atoms with Crippen molar-refractivity contribution >= 4 is 17.5 Å². The van der Waals surface area contributed by atoms with E-state index in [4.69, 9.17) is 11.6 Å². The van der Waals surface area contributed by atoms with Crippen molar-refractivity contribution in [3.05, 3.63) is 29.1 Å². The number of hydrogen-bond acceptors (Lipinski definition) is 2. The van der Waals surface area contributed by atoms with Crippen LogP contribution < -0.4 is 0 Å². The molecular formula is C15H19ClN2O. The van der Waals surface area contributed by atoms with Gasteiger partial charge in [0.15, 0.2) is 0 Å². The molecule has 2 fully saturated rings. The summed E-state index contributed by atoms with van der Waals surface area (Å²) in [6, 6.07) is 4.52. The Morgan fingerprint density at radius 3 is 2.47 bits per heavy atom. The molecule has 1 aromatic rings. The molecule has 2 atom stereocenters. The van der Waals surface area contributed by atoms with Crippen molar-refractivity contribution in [1.82, 2.24) is 9.88 Å². The predicted octanol–water partition coefficient (Wildman–Crippen LogP) is 3.07. The minimum atomic E-state index is 0.0860. The van der Waals surface area contributed by atoms with E-state index in [0.717, 1.165) is 36.9 Å². The Morgan fingerprint density at radius 1 is 1.26 bits per heavy atom. The summed E-state index contributed by atoms with van der Waals surface area (Å²) in [5.74, 6) is 0.0860. The quantitative estimate of drug-likeness (QED) is 0.740. The third-order valence-corrected chi connectivity index (χ3v) is 4.58. The number of rotatable bonds is 1. The molecule has 0 aliphatic carbocycles. The number of fused-ring (bicyclic) bond motifs is 2. The monoisotopic (exact) mass is 278 g/mol. The van der Waals surface area contributed by atoms with Crippen LogP contribution in [0.25, 0.3) is 0 Å². The second-order valence-electron chi connectivity index (χ2n) is 5.84. The first kappa shape index (κ1) is 12.9. The molecule has 2 aliphatic rings. The number of aryl methyl sites for hydroxylation is 2. The highest BCUT2D eigenvalue weighted by Gasteiger charge is 2.43. The Morgan fingerprint density at radius 2 is 1.89 bits per heavy atom. The molecular weight excluding hydrogens is 260 g/mol. The number of carbonyl (C=O) groups is 1. The maximum Gasteiger partial charge on any atom is 0.272 e. The average Bonchev–Trinajstić information content (AvgIpc) is 2.59. The standard InChI is InChI=1S/C15H19ClN2O/c1-9-5-10(2)17-14(6-9)15(19)18-12-3-4-13(18)8-11(16)7-12/h5-6,11-13H,3-4,7-8H2,1-2H3. The Hall–Kier alpha value is -1.09. The lowest BCUT2D eigenvalue weighted by Crippen LogP contribution is -2.47. The Balaban J connectivity index is 1.88. The number of halogens is 1. The van der Waals surface area contributed by atoms with Gasteiger partial charge < -0.3 is 4.90 Å². The topological polar surface area (TPSA) is 33.2 Å². The predicted molar refractivity (Wildman–Crippen MR) is 75.6 cm³/mol. The maximum absolute atomic E-state index is 12.7. The molecule has 3 rings (SSSR count). The molecule has 19 heavy (non-hydrogen) atoms. The lowest BCUT2D eigenvalue weighted by atomic mass is 10.0. The van der Waals surface area contributed by atoms with E-state index in [-0.39, 0.29) is 11.3 Å². The number of aromatic nitrogens is 1. The molecule has 0 N–H and O–H groups in total. The fourth-order valence-corrected chi connectivity index (χ4v) is 3.94. The third kappa shape index (κ3) is 2.36. The van der Waals surface area contributed by atoms with Crippen molar-refractivity contribution in [2.45, 2.75) is 57.0 Å². The van der Waals surface area contributed by atoms with Crippen LogP contribution in [-0.2, 0) is 0 Å². The molecule has 0 aromatic carbocycles. The van der Waals surface area contributed by atoms with Crippen LogP contribution in [0.5, 0.6) is 0 Å². The largest absolute Gasteiger partial charge is 0.331 e. The summed E-state index contributed by atoms with van der Waals surface area (Å²) in [6.07, 6.45) is 4.03. The molecule has 2 unspecified atom stereocenters. The number of carbonyl (C=O) groups excluding carboxylic acids is 1. The zero-order valence-corrected chi connectivity index (χ0v) is 12.2. The molecule has 0 saturated carbocycles. The van der Waals surface area contributed by atoms with E-state index >= 15 is 0 Å². The van der Waals surface area contributed by atoms with Crippen LogP contribution in [-0.4, -0.2) is 33.3 Å². The van der Waals surface area contributed by atoms with E-state index in [1.165, 1.54) is 0 Å². The van der Waals surface area contributed by atoms with Gasteiger partial charge in [0.25, 0.3) is 5.91 Å². The van der Waals surface area contributed by atoms with Crippen LogP contribution in [0.4, 0.5) is 0 Å². The van der Waals surface area contributed by atoms with Gasteiger partial charge in [-0.3, -0.25) is 4.79 Å². The van der Waals surface area contributed by atoms with Crippen molar-refractivity contribution in [1.29, 1.82) is 0 Å². The van der Waals surface area contributed by atoms with Gasteiger partial charge in [0.1, 0.15) is 5.69 Å². The number of pyridine rings is 1. The van der Waals surface area contributed by atoms with Crippen LogP contribution in [0.2, 0.25) is 0 Å². The molecule has 1 amide bonds. The Kier molecular flexibility index (Phi) is 3.25. The van der Waals surface area contributed by atoms with Crippen LogP contribution in [0.15, 0.2) is 12.1 Å². The number of alkyl halides is 1. The van der Waals surface area contributed by atoms with Gasteiger partial charge >= 0.3 is 0 Å². The van der Waals surface area contributed by atoms with Crippen molar-refractivity contribution in [3.8, 4) is 0 Å². The molecule has 4 heteroatoms. The molecule has 0 spiro atoms. The summed E-state index contributed by atoms with van der Waals surface area (Å²) in [6.45, 7) is 3.94. The van der Waals surface area contributed by atoms with Crippen molar-refractivity contribution in [2.75, 3.05) is 0 Å². The van der Waals surface area contributed by atoms with Crippen LogP contribution in [0.3, 0.4) is 0 Å². The van der Waals surface area contributed by atoms with E-state index in [9.17, 15) is 4.79 Å². The second-order valence-corrected chi connectivity index (χ2v) is 6.45. The molecule has 0 radical (unpaired) electrons. The molecule has 1 aromatic heterocycles. The first-order valence-corrected chi connectivity index (χ1v) is 7.40. The maximum atomic E-state index is 12.7. The van der Waals surface area contributed by atoms with Crippen molar-refractivity contribution in [3.63, 3.8) is 0 Å². The third-order valence-electron chi connectivity index (χ3n) is 4.23. The van der Waals surface area contributed by atoms with E-state index in [1.54, 1.807) is 0 Å². The Labute approximate surface area is 119 Å². The zero-order valence-electron chi connectivity index (χ0n) is 11.4. The van der Waals surface area contributed by atoms with Gasteiger partial charge in [-0.15, -0.1) is 11.6 Å². The van der Waals surface area contributed by atoms with E-state index in [0.29, 0.717) is 17.8 Å². The molecule has 102 valence electrons. The molecule has 3 heterocycles. The van der Waals surface area contributed by atoms with E-state index in [1.807, 2.05) is 30.9 Å². The van der Waals surface area contributed by atoms with Crippen molar-refractivity contribution < 1.29 is 4.79 Å². The lowest BCUT2D eigenvalue weighted by molar-refractivity contribution is 0.0593. The van der Waals surface area contributed by atoms with E-state index < -0.39 is 0 Å². The number of hydrogen-bond donors (Lipinski definition) is 0. The molecule has 2 bridgehead atoms. The molecule has 2 aliphatic heterocycles. The first-order chi connectivity index (χ1) is 9.04. The second kappa shape index (κ2) is 4.78. The Bertz CT molecular complexity index is 483. The van der Waals surface area contributed by atoms with Crippen molar-refractivity contribution in [2.24, 2.45) is 0 Å². The van der Waals surface area contributed by atoms with Crippen LogP contribution in [0.1, 0.15) is 47.4 Å². The van der Waals surface area contributed by atoms with Gasteiger partial charge in [-0.05, 0) is 57.2 Å². The SMILES string of the molecule is Cc1cc(C)nc(C(=O)N2C3CCC2CC(Cl)C3)c1. The van der Waals surface area contributed by atoms with Gasteiger partial charge in [0, 0.05) is 23.2 Å². The highest BCUT2D eigenvalue weighted by Crippen LogP contribution is 2.38. The normalized spacial score (nSPS) is 29.6. The minimum Gasteiger partial charge on any atom is -0.331 e. The summed E-state index contributed by atoms with van der Waals surface area (Å²) < 4.78 is 0. The highest BCUT2D eigenvalue weighted by molar-refractivity contribution is 6.20. The summed E-state index contributed by atoms with van der Waals surface area (Å²) >= 11 is 6.26. The fourth-order valence-electron chi connectivity index (χ4n) is 3.53. The van der Waals surface area contributed by atoms with Crippen LogP contribution in [0, 0.1) is 13.8 Å². The van der Waals surface area contributed by atoms with Gasteiger partial charge in [-0.2, -0.15) is 0 Å². The highest BCUT2D eigenvalue weighted by atomic mass is 35.5. The smallest absolute Gasteiger partial charge is 0.272 e. The zero-order chi connectivity index (χ0) is 13.6. The van der Waals surface area contributed by atoms with E-state index in [2.05, 4.69) is 4.98 Å². The van der Waals surface area contributed by atoms with Crippen LogP contribution >= 0.6 is 11.6 Å². The minimum absolute atomic E-state index is 0.0860. The molecule has 2 saturated heterocycles. The summed E-state index contributed by atoms with van der Waals surface area (Å²) in [7, 11) is 0. The first-order valence-electron chi connectivity index (χ1n) is 6.96.